The number of amides is 2. The number of halogens is 1. The second-order valence-corrected chi connectivity index (χ2v) is 9.33. The maximum absolute atomic E-state index is 12.5. The molecule has 5 N–H and O–H groups in total. The van der Waals surface area contributed by atoms with Crippen LogP contribution in [0, 0.1) is 0 Å². The quantitative estimate of drug-likeness (QED) is 0.361. The summed E-state index contributed by atoms with van der Waals surface area (Å²) < 4.78 is 1.77. The zero-order valence-electron chi connectivity index (χ0n) is 18.8. The Labute approximate surface area is 197 Å². The van der Waals surface area contributed by atoms with Crippen molar-refractivity contribution in [1.82, 2.24) is 15.1 Å². The van der Waals surface area contributed by atoms with Crippen LogP contribution in [0.3, 0.4) is 0 Å². The molecule has 0 saturated heterocycles. The lowest BCUT2D eigenvalue weighted by atomic mass is 9.92. The van der Waals surface area contributed by atoms with Gasteiger partial charge < -0.3 is 26.0 Å². The summed E-state index contributed by atoms with van der Waals surface area (Å²) in [5, 5.41) is 39.6. The number of nitrogens with one attached hydrogen (secondary N) is 2. The average molecular weight is 473 g/mol. The fourth-order valence-corrected chi connectivity index (χ4v) is 3.37. The normalized spacial score (nSPS) is 12.0. The number of rotatable bonds is 7. The average Bonchev–Trinajstić information content (AvgIpc) is 3.23. The first kappa shape index (κ1) is 24.7. The van der Waals surface area contributed by atoms with Crippen molar-refractivity contribution < 1.29 is 20.1 Å². The Morgan fingerprint density at radius 1 is 1.06 bits per heavy atom. The molecule has 0 bridgehead atoms. The molecule has 0 saturated carbocycles. The lowest BCUT2D eigenvalue weighted by molar-refractivity contribution is -0.0598. The van der Waals surface area contributed by atoms with Crippen LogP contribution in [0.1, 0.15) is 37.7 Å². The summed E-state index contributed by atoms with van der Waals surface area (Å²) in [5.74, 6) is 0. The highest BCUT2D eigenvalue weighted by atomic mass is 35.5. The first-order chi connectivity index (χ1) is 15.6. The summed E-state index contributed by atoms with van der Waals surface area (Å²) >= 11 is 6.16. The van der Waals surface area contributed by atoms with Gasteiger partial charge in [0.25, 0.3) is 0 Å². The van der Waals surface area contributed by atoms with Crippen molar-refractivity contribution >= 4 is 23.3 Å². The molecule has 3 aromatic rings. The molecule has 176 valence electrons. The zero-order chi connectivity index (χ0) is 24.2. The van der Waals surface area contributed by atoms with Crippen molar-refractivity contribution in [3.63, 3.8) is 0 Å². The maximum atomic E-state index is 12.5. The fraction of sp³-hybridized carbons (Fsp3) is 0.333. The molecule has 0 radical (unpaired) electrons. The standard InChI is InChI=1S/C24H29ClN4O4/c1-23(2,3)21-12-20(29(28-21)19-6-4-5-17(25)11-19)13-26-22(32)27-18-9-7-16(8-10-18)24(33,14-30)15-31/h4-12,30-31,33H,13-15H2,1-3H3,(H2,26,27,32). The molecule has 0 aliphatic heterocycles. The van der Waals surface area contributed by atoms with Crippen LogP contribution in [0.2, 0.25) is 5.02 Å². The molecule has 8 nitrogen and oxygen atoms in total. The molecule has 9 heteroatoms. The highest BCUT2D eigenvalue weighted by Crippen LogP contribution is 2.25. The Morgan fingerprint density at radius 3 is 2.30 bits per heavy atom. The van der Waals surface area contributed by atoms with Crippen LogP contribution in [0.4, 0.5) is 10.5 Å². The molecule has 0 aliphatic rings. The minimum Gasteiger partial charge on any atom is -0.393 e. The van der Waals surface area contributed by atoms with Crippen LogP contribution in [0.15, 0.2) is 54.6 Å². The fourth-order valence-electron chi connectivity index (χ4n) is 3.19. The molecule has 0 spiro atoms. The van der Waals surface area contributed by atoms with Gasteiger partial charge in [0, 0.05) is 16.1 Å². The first-order valence-corrected chi connectivity index (χ1v) is 10.9. The van der Waals surface area contributed by atoms with Crippen LogP contribution in [0.25, 0.3) is 5.69 Å². The zero-order valence-corrected chi connectivity index (χ0v) is 19.6. The Morgan fingerprint density at radius 2 is 1.73 bits per heavy atom. The first-order valence-electron chi connectivity index (χ1n) is 10.5. The van der Waals surface area contributed by atoms with E-state index in [4.69, 9.17) is 16.7 Å². The van der Waals surface area contributed by atoms with E-state index in [0.29, 0.717) is 16.3 Å². The van der Waals surface area contributed by atoms with Crippen molar-refractivity contribution in [2.24, 2.45) is 0 Å². The summed E-state index contributed by atoms with van der Waals surface area (Å²) in [6.07, 6.45) is 0. The van der Waals surface area contributed by atoms with Crippen LogP contribution in [0.5, 0.6) is 0 Å². The number of nitrogens with zero attached hydrogens (tertiary/aromatic N) is 2. The van der Waals surface area contributed by atoms with Crippen molar-refractivity contribution in [3.05, 3.63) is 76.6 Å². The van der Waals surface area contributed by atoms with E-state index in [1.165, 1.54) is 12.1 Å². The van der Waals surface area contributed by atoms with Crippen molar-refractivity contribution in [2.75, 3.05) is 18.5 Å². The number of hydrogen-bond acceptors (Lipinski definition) is 5. The number of hydrogen-bond donors (Lipinski definition) is 5. The summed E-state index contributed by atoms with van der Waals surface area (Å²) in [5.41, 5.74) is 1.41. The summed E-state index contributed by atoms with van der Waals surface area (Å²) in [7, 11) is 0. The topological polar surface area (TPSA) is 120 Å². The van der Waals surface area contributed by atoms with Gasteiger partial charge in [-0.2, -0.15) is 5.10 Å². The number of carbonyl (C=O) groups excluding carboxylic acids is 1. The van der Waals surface area contributed by atoms with E-state index in [1.54, 1.807) is 22.9 Å². The van der Waals surface area contributed by atoms with E-state index in [0.717, 1.165) is 17.1 Å². The van der Waals surface area contributed by atoms with Gasteiger partial charge in [-0.05, 0) is 42.0 Å². The van der Waals surface area contributed by atoms with Gasteiger partial charge >= 0.3 is 6.03 Å². The van der Waals surface area contributed by atoms with Gasteiger partial charge in [-0.3, -0.25) is 0 Å². The molecule has 2 aromatic carbocycles. The van der Waals surface area contributed by atoms with Crippen LogP contribution in [-0.4, -0.2) is 44.3 Å². The molecule has 33 heavy (non-hydrogen) atoms. The Bertz CT molecular complexity index is 1100. The molecule has 1 heterocycles. The largest absolute Gasteiger partial charge is 0.393 e. The van der Waals surface area contributed by atoms with Gasteiger partial charge in [-0.1, -0.05) is 50.6 Å². The van der Waals surface area contributed by atoms with E-state index in [1.807, 2.05) is 24.3 Å². The number of anilines is 1. The van der Waals surface area contributed by atoms with E-state index in [2.05, 4.69) is 31.4 Å². The predicted molar refractivity (Wildman–Crippen MR) is 128 cm³/mol. The second-order valence-electron chi connectivity index (χ2n) is 8.90. The molecule has 0 unspecified atom stereocenters. The smallest absolute Gasteiger partial charge is 0.319 e. The number of aromatic nitrogens is 2. The van der Waals surface area contributed by atoms with Gasteiger partial charge in [0.15, 0.2) is 0 Å². The second kappa shape index (κ2) is 9.93. The monoisotopic (exact) mass is 472 g/mol. The van der Waals surface area contributed by atoms with Crippen LogP contribution >= 0.6 is 11.6 Å². The van der Waals surface area contributed by atoms with Crippen LogP contribution in [-0.2, 0) is 17.6 Å². The van der Waals surface area contributed by atoms with Gasteiger partial charge in [0.2, 0.25) is 0 Å². The third-order valence-electron chi connectivity index (χ3n) is 5.24. The van der Waals surface area contributed by atoms with Gasteiger partial charge in [0.05, 0.1) is 36.8 Å². The van der Waals surface area contributed by atoms with Crippen molar-refractivity contribution in [1.29, 1.82) is 0 Å². The maximum Gasteiger partial charge on any atom is 0.319 e. The molecular weight excluding hydrogens is 444 g/mol. The predicted octanol–water partition coefficient (Wildman–Crippen LogP) is 3.32. The summed E-state index contributed by atoms with van der Waals surface area (Å²) in [6.45, 7) is 5.20. The molecule has 1 aromatic heterocycles. The van der Waals surface area contributed by atoms with Crippen LogP contribution < -0.4 is 10.6 Å². The summed E-state index contributed by atoms with van der Waals surface area (Å²) in [6, 6.07) is 15.1. The highest BCUT2D eigenvalue weighted by molar-refractivity contribution is 6.30. The highest BCUT2D eigenvalue weighted by Gasteiger charge is 2.27. The third kappa shape index (κ3) is 5.91. The lowest BCUT2D eigenvalue weighted by Gasteiger charge is -2.23. The lowest BCUT2D eigenvalue weighted by Crippen LogP contribution is -2.34. The Kier molecular flexibility index (Phi) is 7.44. The Balaban J connectivity index is 1.73. The number of aliphatic hydroxyl groups is 3. The molecule has 0 fully saturated rings. The number of benzene rings is 2. The minimum absolute atomic E-state index is 0.173. The number of aliphatic hydroxyl groups excluding tert-OH is 2. The number of urea groups is 1. The third-order valence-corrected chi connectivity index (χ3v) is 5.47. The van der Waals surface area contributed by atoms with Gasteiger partial charge in [-0.25, -0.2) is 9.48 Å². The minimum atomic E-state index is -1.73. The van der Waals surface area contributed by atoms with Crippen molar-refractivity contribution in [3.8, 4) is 5.69 Å². The SMILES string of the molecule is CC(C)(C)c1cc(CNC(=O)Nc2ccc(C(O)(CO)CO)cc2)n(-c2cccc(Cl)c2)n1. The van der Waals surface area contributed by atoms with Gasteiger partial charge in [-0.15, -0.1) is 0 Å². The molecule has 2 amide bonds. The molecule has 0 aliphatic carbocycles. The molecular formula is C24H29ClN4O4. The van der Waals surface area contributed by atoms with E-state index in [-0.39, 0.29) is 12.0 Å². The van der Waals surface area contributed by atoms with E-state index in [9.17, 15) is 20.1 Å². The molecule has 3 rings (SSSR count). The van der Waals surface area contributed by atoms with Gasteiger partial charge in [0.1, 0.15) is 5.60 Å². The Hall–Kier alpha value is -2.91. The number of carbonyl (C=O) groups is 1. The van der Waals surface area contributed by atoms with E-state index < -0.39 is 24.8 Å². The molecule has 0 atom stereocenters. The summed E-state index contributed by atoms with van der Waals surface area (Å²) in [4.78, 5) is 12.5. The van der Waals surface area contributed by atoms with Crippen molar-refractivity contribution in [2.45, 2.75) is 38.3 Å². The van der Waals surface area contributed by atoms with E-state index >= 15 is 0 Å².